The Morgan fingerprint density at radius 2 is 2.35 bits per heavy atom. The minimum Gasteiger partial charge on any atom is -0.394 e. The predicted molar refractivity (Wildman–Crippen MR) is 71.5 cm³/mol. The van der Waals surface area contributed by atoms with Crippen molar-refractivity contribution in [3.8, 4) is 0 Å². The van der Waals surface area contributed by atoms with Gasteiger partial charge in [0.15, 0.2) is 17.0 Å². The molecule has 1 aliphatic heterocycles. The van der Waals surface area contributed by atoms with E-state index >= 15 is 0 Å². The van der Waals surface area contributed by atoms with E-state index in [0.717, 1.165) is 0 Å². The van der Waals surface area contributed by atoms with Gasteiger partial charge in [-0.2, -0.15) is 9.97 Å². The normalized spacial score (nSPS) is 26.3. The molecule has 8 nitrogen and oxygen atoms in total. The largest absolute Gasteiger partial charge is 0.394 e. The first-order valence-corrected chi connectivity index (χ1v) is 6.54. The lowest BCUT2D eigenvalue weighted by Gasteiger charge is -2.13. The maximum absolute atomic E-state index is 9.80. The van der Waals surface area contributed by atoms with Crippen LogP contribution in [-0.2, 0) is 4.74 Å². The van der Waals surface area contributed by atoms with E-state index in [1.54, 1.807) is 17.9 Å². The number of hydrogen-bond donors (Lipinski definition) is 3. The van der Waals surface area contributed by atoms with Crippen molar-refractivity contribution in [3.05, 3.63) is 11.6 Å². The molecule has 1 aliphatic rings. The smallest absolute Gasteiger partial charge is 0.226 e. The Morgan fingerprint density at radius 1 is 1.55 bits per heavy atom. The molecular weight excluding hydrogens is 286 g/mol. The number of halogens is 1. The summed E-state index contributed by atoms with van der Waals surface area (Å²) in [6, 6.07) is 0. The molecule has 108 valence electrons. The van der Waals surface area contributed by atoms with E-state index in [2.05, 4.69) is 20.3 Å². The lowest BCUT2D eigenvalue weighted by atomic mass is 10.2. The zero-order valence-corrected chi connectivity index (χ0v) is 11.4. The number of hydrogen-bond acceptors (Lipinski definition) is 7. The quantitative estimate of drug-likeness (QED) is 0.693. The number of aliphatic hydroxyl groups excluding tert-OH is 2. The van der Waals surface area contributed by atoms with E-state index in [1.807, 2.05) is 0 Å². The topological polar surface area (TPSA) is 105 Å². The molecule has 0 amide bonds. The van der Waals surface area contributed by atoms with Crippen LogP contribution >= 0.6 is 11.6 Å². The summed E-state index contributed by atoms with van der Waals surface area (Å²) in [4.78, 5) is 12.4. The number of anilines is 1. The van der Waals surface area contributed by atoms with Gasteiger partial charge in [0.2, 0.25) is 5.28 Å². The molecule has 3 unspecified atom stereocenters. The van der Waals surface area contributed by atoms with Crippen LogP contribution in [-0.4, -0.2) is 55.6 Å². The molecule has 2 aromatic rings. The predicted octanol–water partition coefficient (Wildman–Crippen LogP) is 0.162. The molecule has 3 rings (SSSR count). The Kier molecular flexibility index (Phi) is 3.47. The first-order valence-electron chi connectivity index (χ1n) is 6.16. The molecule has 9 heteroatoms. The molecule has 0 bridgehead atoms. The number of ether oxygens (including phenoxy) is 1. The van der Waals surface area contributed by atoms with Crippen molar-refractivity contribution in [1.29, 1.82) is 0 Å². The number of nitrogens with one attached hydrogen (secondary N) is 1. The molecule has 0 radical (unpaired) electrons. The van der Waals surface area contributed by atoms with Crippen LogP contribution in [0.5, 0.6) is 0 Å². The highest BCUT2D eigenvalue weighted by molar-refractivity contribution is 6.28. The highest BCUT2D eigenvalue weighted by atomic mass is 35.5. The van der Waals surface area contributed by atoms with Gasteiger partial charge in [0, 0.05) is 13.5 Å². The summed E-state index contributed by atoms with van der Waals surface area (Å²) in [6.45, 7) is -0.234. The van der Waals surface area contributed by atoms with E-state index in [4.69, 9.17) is 21.4 Å². The van der Waals surface area contributed by atoms with Gasteiger partial charge in [0.25, 0.3) is 0 Å². The third-order valence-electron chi connectivity index (χ3n) is 3.33. The maximum Gasteiger partial charge on any atom is 0.226 e. The fourth-order valence-electron chi connectivity index (χ4n) is 2.33. The molecule has 20 heavy (non-hydrogen) atoms. The zero-order valence-electron chi connectivity index (χ0n) is 10.7. The Bertz CT molecular complexity index is 634. The number of nitrogens with zero attached hydrogens (tertiary/aromatic N) is 4. The fraction of sp³-hybridized carbons (Fsp3) is 0.545. The number of aromatic nitrogens is 4. The summed E-state index contributed by atoms with van der Waals surface area (Å²) in [5.74, 6) is 0.524. The Balaban J connectivity index is 2.03. The van der Waals surface area contributed by atoms with Crippen molar-refractivity contribution < 1.29 is 14.9 Å². The van der Waals surface area contributed by atoms with Crippen molar-refractivity contribution in [2.24, 2.45) is 0 Å². The van der Waals surface area contributed by atoms with Crippen LogP contribution in [0.1, 0.15) is 12.6 Å². The summed E-state index contributed by atoms with van der Waals surface area (Å²) in [7, 11) is 1.72. The number of fused-ring (bicyclic) bond motifs is 1. The van der Waals surface area contributed by atoms with Crippen LogP contribution in [0.3, 0.4) is 0 Å². The van der Waals surface area contributed by atoms with Crippen LogP contribution in [0.15, 0.2) is 6.33 Å². The monoisotopic (exact) mass is 299 g/mol. The standard InChI is InChI=1S/C11H14ClN5O3/c1-13-9-8-10(16-11(12)15-9)17(4-14-8)7-2-5(19)6(3-18)20-7/h4-7,18-19H,2-3H2,1H3,(H,13,15,16). The van der Waals surface area contributed by atoms with Crippen molar-refractivity contribution in [3.63, 3.8) is 0 Å². The van der Waals surface area contributed by atoms with Gasteiger partial charge in [-0.25, -0.2) is 4.98 Å². The molecule has 0 saturated carbocycles. The van der Waals surface area contributed by atoms with E-state index in [-0.39, 0.29) is 11.9 Å². The highest BCUT2D eigenvalue weighted by Gasteiger charge is 2.35. The van der Waals surface area contributed by atoms with Crippen LogP contribution in [0.4, 0.5) is 5.82 Å². The van der Waals surface area contributed by atoms with Crippen LogP contribution in [0.25, 0.3) is 11.2 Å². The third kappa shape index (κ3) is 2.10. The molecular formula is C11H14ClN5O3. The minimum atomic E-state index is -0.719. The summed E-state index contributed by atoms with van der Waals surface area (Å²) >= 11 is 5.89. The molecule has 3 atom stereocenters. The second-order valence-electron chi connectivity index (χ2n) is 4.53. The van der Waals surface area contributed by atoms with E-state index < -0.39 is 18.4 Å². The van der Waals surface area contributed by atoms with Crippen molar-refractivity contribution in [2.45, 2.75) is 24.9 Å². The lowest BCUT2D eigenvalue weighted by Crippen LogP contribution is -2.24. The summed E-state index contributed by atoms with van der Waals surface area (Å²) in [5, 5.41) is 21.9. The first kappa shape index (κ1) is 13.5. The molecule has 2 aromatic heterocycles. The minimum absolute atomic E-state index is 0.0980. The van der Waals surface area contributed by atoms with Crippen LogP contribution in [0.2, 0.25) is 5.28 Å². The SMILES string of the molecule is CNc1nc(Cl)nc2c1ncn2C1CC(O)C(CO)O1. The van der Waals surface area contributed by atoms with Gasteiger partial charge in [-0.1, -0.05) is 0 Å². The third-order valence-corrected chi connectivity index (χ3v) is 3.49. The second-order valence-corrected chi connectivity index (χ2v) is 4.87. The van der Waals surface area contributed by atoms with Gasteiger partial charge in [-0.3, -0.25) is 4.57 Å². The van der Waals surface area contributed by atoms with Gasteiger partial charge >= 0.3 is 0 Å². The Hall–Kier alpha value is -1.48. The Labute approximate surface area is 119 Å². The maximum atomic E-state index is 9.80. The summed E-state index contributed by atoms with van der Waals surface area (Å²) in [6.07, 6.45) is 0.158. The molecule has 1 saturated heterocycles. The van der Waals surface area contributed by atoms with Gasteiger partial charge < -0.3 is 20.3 Å². The van der Waals surface area contributed by atoms with Crippen molar-refractivity contribution >= 4 is 28.6 Å². The first-order chi connectivity index (χ1) is 9.63. The van der Waals surface area contributed by atoms with Crippen molar-refractivity contribution in [1.82, 2.24) is 19.5 Å². The van der Waals surface area contributed by atoms with Gasteiger partial charge in [0.05, 0.1) is 19.0 Å². The fourth-order valence-corrected chi connectivity index (χ4v) is 2.49. The Morgan fingerprint density at radius 3 is 3.00 bits per heavy atom. The lowest BCUT2D eigenvalue weighted by molar-refractivity contribution is -0.0432. The second kappa shape index (κ2) is 5.13. The number of rotatable bonds is 3. The van der Waals surface area contributed by atoms with Crippen molar-refractivity contribution in [2.75, 3.05) is 19.0 Å². The number of imidazole rings is 1. The molecule has 0 spiro atoms. The van der Waals surface area contributed by atoms with E-state index in [0.29, 0.717) is 23.4 Å². The van der Waals surface area contributed by atoms with Gasteiger partial charge in [-0.05, 0) is 11.6 Å². The molecule has 0 aromatic carbocycles. The molecule has 1 fully saturated rings. The highest BCUT2D eigenvalue weighted by Crippen LogP contribution is 2.32. The molecule has 3 heterocycles. The molecule has 3 N–H and O–H groups in total. The average Bonchev–Trinajstić information content (AvgIpc) is 3.00. The van der Waals surface area contributed by atoms with Gasteiger partial charge in [-0.15, -0.1) is 0 Å². The van der Waals surface area contributed by atoms with Crippen LogP contribution in [0, 0.1) is 0 Å². The average molecular weight is 300 g/mol. The van der Waals surface area contributed by atoms with E-state index in [1.165, 1.54) is 0 Å². The van der Waals surface area contributed by atoms with Crippen LogP contribution < -0.4 is 5.32 Å². The summed E-state index contributed by atoms with van der Waals surface area (Å²) in [5.41, 5.74) is 1.09. The molecule has 0 aliphatic carbocycles. The van der Waals surface area contributed by atoms with Gasteiger partial charge in [0.1, 0.15) is 12.3 Å². The zero-order chi connectivity index (χ0) is 14.3. The van der Waals surface area contributed by atoms with E-state index in [9.17, 15) is 5.11 Å². The number of aliphatic hydroxyl groups is 2. The summed E-state index contributed by atoms with van der Waals surface area (Å²) < 4.78 is 7.27.